The van der Waals surface area contributed by atoms with Gasteiger partial charge in [0.25, 0.3) is 0 Å². The van der Waals surface area contributed by atoms with Crippen LogP contribution in [0.15, 0.2) is 35.6 Å². The molecule has 0 saturated heterocycles. The van der Waals surface area contributed by atoms with Gasteiger partial charge in [0.1, 0.15) is 0 Å². The van der Waals surface area contributed by atoms with Crippen LogP contribution in [0.1, 0.15) is 67.5 Å². The first-order valence-corrected chi connectivity index (χ1v) is 8.96. The van der Waals surface area contributed by atoms with Crippen molar-refractivity contribution >= 4 is 6.21 Å². The second-order valence-electron chi connectivity index (χ2n) is 6.41. The van der Waals surface area contributed by atoms with Gasteiger partial charge < -0.3 is 0 Å². The molecule has 0 spiro atoms. The van der Waals surface area contributed by atoms with E-state index in [4.69, 9.17) is 0 Å². The zero-order valence-electron chi connectivity index (χ0n) is 15.1. The van der Waals surface area contributed by atoms with Crippen LogP contribution >= 0.6 is 0 Å². The number of rotatable bonds is 8. The van der Waals surface area contributed by atoms with Gasteiger partial charge in [-0.25, -0.2) is 4.68 Å². The van der Waals surface area contributed by atoms with Crippen LogP contribution in [0.4, 0.5) is 0 Å². The molecule has 1 aromatic heterocycles. The van der Waals surface area contributed by atoms with E-state index in [-0.39, 0.29) is 0 Å². The summed E-state index contributed by atoms with van der Waals surface area (Å²) in [5.41, 5.74) is 6.75. The molecule has 0 aliphatic rings. The minimum Gasteiger partial charge on any atom is -0.245 e. The zero-order chi connectivity index (χ0) is 16.7. The molecule has 0 bridgehead atoms. The van der Waals surface area contributed by atoms with E-state index in [1.807, 2.05) is 23.2 Å². The van der Waals surface area contributed by atoms with Crippen LogP contribution in [0.5, 0.6) is 0 Å². The van der Waals surface area contributed by atoms with Crippen molar-refractivity contribution in [3.63, 3.8) is 0 Å². The van der Waals surface area contributed by atoms with E-state index in [9.17, 15) is 0 Å². The molecular weight excluding hydrogens is 280 g/mol. The first-order valence-electron chi connectivity index (χ1n) is 8.96. The maximum atomic E-state index is 4.63. The van der Waals surface area contributed by atoms with Gasteiger partial charge in [0.2, 0.25) is 0 Å². The lowest BCUT2D eigenvalue weighted by molar-refractivity contribution is 0.777. The molecule has 0 N–H and O–H groups in total. The molecule has 0 atom stereocenters. The van der Waals surface area contributed by atoms with Gasteiger partial charge >= 0.3 is 0 Å². The van der Waals surface area contributed by atoms with Gasteiger partial charge in [-0.1, -0.05) is 32.8 Å². The zero-order valence-corrected chi connectivity index (χ0v) is 15.1. The normalized spacial score (nSPS) is 11.5. The molecule has 2 rings (SSSR count). The third-order valence-corrected chi connectivity index (χ3v) is 4.48. The number of aromatic nitrogens is 1. The van der Waals surface area contributed by atoms with Crippen molar-refractivity contribution in [2.75, 3.05) is 0 Å². The summed E-state index contributed by atoms with van der Waals surface area (Å²) >= 11 is 0. The quantitative estimate of drug-likeness (QED) is 0.559. The van der Waals surface area contributed by atoms with Crippen molar-refractivity contribution in [1.82, 2.24) is 4.68 Å². The van der Waals surface area contributed by atoms with E-state index in [0.29, 0.717) is 0 Å². The Morgan fingerprint density at radius 1 is 1.04 bits per heavy atom. The van der Waals surface area contributed by atoms with Crippen molar-refractivity contribution in [3.8, 4) is 0 Å². The van der Waals surface area contributed by atoms with Crippen LogP contribution in [0.3, 0.4) is 0 Å². The highest BCUT2D eigenvalue weighted by Gasteiger charge is 2.06. The number of unbranched alkanes of at least 4 members (excludes halogenated alkanes) is 2. The van der Waals surface area contributed by atoms with Crippen LogP contribution < -0.4 is 0 Å². The molecule has 1 heterocycles. The summed E-state index contributed by atoms with van der Waals surface area (Å²) in [7, 11) is 0. The van der Waals surface area contributed by atoms with E-state index in [2.05, 4.69) is 51.0 Å². The Labute approximate surface area is 141 Å². The summed E-state index contributed by atoms with van der Waals surface area (Å²) in [6.45, 7) is 8.82. The fourth-order valence-corrected chi connectivity index (χ4v) is 2.87. The Bertz CT molecular complexity index is 650. The lowest BCUT2D eigenvalue weighted by Crippen LogP contribution is -2.00. The monoisotopic (exact) mass is 310 g/mol. The number of aryl methyl sites for hydroxylation is 3. The van der Waals surface area contributed by atoms with Crippen molar-refractivity contribution < 1.29 is 0 Å². The molecule has 0 aliphatic carbocycles. The third kappa shape index (κ3) is 4.82. The van der Waals surface area contributed by atoms with E-state index in [0.717, 1.165) is 5.69 Å². The summed E-state index contributed by atoms with van der Waals surface area (Å²) in [4.78, 5) is 0. The average molecular weight is 310 g/mol. The summed E-state index contributed by atoms with van der Waals surface area (Å²) in [5.74, 6) is 0. The Hall–Kier alpha value is -1.83. The number of hydrogen-bond donors (Lipinski definition) is 0. The number of nitrogens with zero attached hydrogens (tertiary/aromatic N) is 2. The SMILES string of the molecule is CCCCc1cc(/C=N/n2cccc2C)c(C)c(CCCC)c1. The van der Waals surface area contributed by atoms with Crippen molar-refractivity contribution in [2.24, 2.45) is 5.10 Å². The standard InChI is InChI=1S/C21H30N2/c1-5-7-11-19-14-20(12-8-6-2)18(4)21(15-19)16-22-23-13-9-10-17(23)3/h9-10,13-16H,5-8,11-12H2,1-4H3/b22-16+. The molecule has 0 amide bonds. The van der Waals surface area contributed by atoms with Gasteiger partial charge in [-0.3, -0.25) is 0 Å². The maximum Gasteiger partial charge on any atom is 0.0553 e. The van der Waals surface area contributed by atoms with Gasteiger partial charge in [0, 0.05) is 11.9 Å². The van der Waals surface area contributed by atoms with Gasteiger partial charge in [-0.15, -0.1) is 0 Å². The third-order valence-electron chi connectivity index (χ3n) is 4.48. The molecule has 0 radical (unpaired) electrons. The minimum atomic E-state index is 1.16. The topological polar surface area (TPSA) is 17.3 Å². The molecule has 2 aromatic rings. The van der Waals surface area contributed by atoms with Crippen LogP contribution in [-0.2, 0) is 12.8 Å². The molecule has 2 heteroatoms. The summed E-state index contributed by atoms with van der Waals surface area (Å²) in [5, 5.41) is 4.63. The summed E-state index contributed by atoms with van der Waals surface area (Å²) in [6, 6.07) is 8.85. The van der Waals surface area contributed by atoms with Crippen LogP contribution in [0, 0.1) is 13.8 Å². The Morgan fingerprint density at radius 2 is 1.78 bits per heavy atom. The van der Waals surface area contributed by atoms with Gasteiger partial charge in [0.05, 0.1) is 6.21 Å². The van der Waals surface area contributed by atoms with E-state index < -0.39 is 0 Å². The Balaban J connectivity index is 2.31. The first kappa shape index (κ1) is 17.5. The van der Waals surface area contributed by atoms with Crippen LogP contribution in [-0.4, -0.2) is 10.9 Å². The largest absolute Gasteiger partial charge is 0.245 e. The summed E-state index contributed by atoms with van der Waals surface area (Å²) in [6.07, 6.45) is 11.3. The molecule has 0 unspecified atom stereocenters. The van der Waals surface area contributed by atoms with E-state index in [1.54, 1.807) is 0 Å². The molecule has 2 nitrogen and oxygen atoms in total. The second-order valence-corrected chi connectivity index (χ2v) is 6.41. The highest BCUT2D eigenvalue weighted by atomic mass is 15.3. The minimum absolute atomic E-state index is 1.16. The molecule has 23 heavy (non-hydrogen) atoms. The Kier molecular flexibility index (Phi) is 6.64. The van der Waals surface area contributed by atoms with Crippen LogP contribution in [0.25, 0.3) is 0 Å². The van der Waals surface area contributed by atoms with Crippen molar-refractivity contribution in [2.45, 2.75) is 66.2 Å². The summed E-state index contributed by atoms with van der Waals surface area (Å²) < 4.78 is 1.93. The second kappa shape index (κ2) is 8.71. The Morgan fingerprint density at radius 3 is 2.43 bits per heavy atom. The first-order chi connectivity index (χ1) is 11.2. The number of benzene rings is 1. The van der Waals surface area contributed by atoms with E-state index in [1.165, 1.54) is 60.8 Å². The predicted molar refractivity (Wildman–Crippen MR) is 101 cm³/mol. The molecule has 0 fully saturated rings. The molecular formula is C21H30N2. The van der Waals surface area contributed by atoms with Crippen molar-refractivity contribution in [3.05, 3.63) is 58.4 Å². The van der Waals surface area contributed by atoms with Gasteiger partial charge in [0.15, 0.2) is 0 Å². The van der Waals surface area contributed by atoms with E-state index >= 15 is 0 Å². The molecule has 0 saturated carbocycles. The van der Waals surface area contributed by atoms with Gasteiger partial charge in [-0.05, 0) is 80.0 Å². The maximum absolute atomic E-state index is 4.63. The highest BCUT2D eigenvalue weighted by molar-refractivity contribution is 5.82. The smallest absolute Gasteiger partial charge is 0.0553 e. The van der Waals surface area contributed by atoms with Crippen molar-refractivity contribution in [1.29, 1.82) is 0 Å². The number of hydrogen-bond acceptors (Lipinski definition) is 1. The fraction of sp³-hybridized carbons (Fsp3) is 0.476. The molecule has 0 aliphatic heterocycles. The average Bonchev–Trinajstić information content (AvgIpc) is 2.96. The van der Waals surface area contributed by atoms with Crippen LogP contribution in [0.2, 0.25) is 0 Å². The van der Waals surface area contributed by atoms with Gasteiger partial charge in [-0.2, -0.15) is 5.10 Å². The molecule has 1 aromatic carbocycles. The molecule has 124 valence electrons. The lowest BCUT2D eigenvalue weighted by Gasteiger charge is -2.12. The highest BCUT2D eigenvalue weighted by Crippen LogP contribution is 2.20. The fourth-order valence-electron chi connectivity index (χ4n) is 2.87. The lowest BCUT2D eigenvalue weighted by atomic mass is 9.94. The predicted octanol–water partition coefficient (Wildman–Crippen LogP) is 5.67.